The number of anilines is 2. The number of hydrogen-bond acceptors (Lipinski definition) is 7. The van der Waals surface area contributed by atoms with Crippen LogP contribution in [0.5, 0.6) is 0 Å². The van der Waals surface area contributed by atoms with Crippen LogP contribution < -0.4 is 16.7 Å². The van der Waals surface area contributed by atoms with E-state index >= 15 is 0 Å². The molecule has 0 aliphatic rings. The third-order valence-corrected chi connectivity index (χ3v) is 3.05. The Hall–Kier alpha value is -3.68. The van der Waals surface area contributed by atoms with E-state index in [0.717, 1.165) is 11.1 Å². The Kier molecular flexibility index (Phi) is 4.78. The van der Waals surface area contributed by atoms with Gasteiger partial charge in [0, 0.05) is 0 Å². The summed E-state index contributed by atoms with van der Waals surface area (Å²) >= 11 is 0. The minimum absolute atomic E-state index is 0.291. The van der Waals surface area contributed by atoms with Gasteiger partial charge in [0.2, 0.25) is 0 Å². The number of rotatable bonds is 6. The molecular formula is C16H16N8. The monoisotopic (exact) mass is 320 g/mol. The standard InChI is InChI=1S/C16H16N8/c17-24-15(20-18-11-13-7-3-1-4-8-13)22-23-16(24)21-19-12-14-9-5-2-6-10-14/h1-12H,17H2,(H,20,22)(H,21,23)/b18-11+,19-12+. The summed E-state index contributed by atoms with van der Waals surface area (Å²) in [6.07, 6.45) is 3.32. The van der Waals surface area contributed by atoms with Crippen molar-refractivity contribution in [2.75, 3.05) is 16.7 Å². The van der Waals surface area contributed by atoms with Gasteiger partial charge in [-0.3, -0.25) is 0 Å². The van der Waals surface area contributed by atoms with Crippen LogP contribution in [0.1, 0.15) is 11.1 Å². The van der Waals surface area contributed by atoms with Crippen molar-refractivity contribution in [1.82, 2.24) is 14.9 Å². The number of nitrogen functional groups attached to an aromatic ring is 1. The number of nitrogens with zero attached hydrogens (tertiary/aromatic N) is 5. The highest BCUT2D eigenvalue weighted by atomic mass is 15.6. The molecule has 0 aliphatic heterocycles. The molecule has 4 N–H and O–H groups in total. The molecule has 120 valence electrons. The first-order valence-electron chi connectivity index (χ1n) is 7.21. The summed E-state index contributed by atoms with van der Waals surface area (Å²) < 4.78 is 1.23. The van der Waals surface area contributed by atoms with Crippen molar-refractivity contribution in [2.45, 2.75) is 0 Å². The lowest BCUT2D eigenvalue weighted by molar-refractivity contribution is 0.981. The molecule has 0 bridgehead atoms. The minimum atomic E-state index is 0.291. The summed E-state index contributed by atoms with van der Waals surface area (Å²) in [5, 5.41) is 15.9. The molecule has 3 rings (SSSR count). The molecule has 0 saturated carbocycles. The molecule has 0 atom stereocenters. The van der Waals surface area contributed by atoms with Gasteiger partial charge in [0.25, 0.3) is 11.9 Å². The van der Waals surface area contributed by atoms with Crippen LogP contribution in [0.2, 0.25) is 0 Å². The fourth-order valence-electron chi connectivity index (χ4n) is 1.85. The van der Waals surface area contributed by atoms with Gasteiger partial charge in [-0.1, -0.05) is 60.7 Å². The number of hydrazone groups is 2. The van der Waals surface area contributed by atoms with Crippen molar-refractivity contribution < 1.29 is 0 Å². The largest absolute Gasteiger partial charge is 0.333 e. The van der Waals surface area contributed by atoms with E-state index in [-0.39, 0.29) is 0 Å². The molecule has 3 aromatic rings. The fourth-order valence-corrected chi connectivity index (χ4v) is 1.85. The molecule has 1 aromatic heterocycles. The summed E-state index contributed by atoms with van der Waals surface area (Å²) in [5.74, 6) is 6.46. The van der Waals surface area contributed by atoms with E-state index in [1.807, 2.05) is 60.7 Å². The average molecular weight is 320 g/mol. The van der Waals surface area contributed by atoms with Gasteiger partial charge >= 0.3 is 0 Å². The number of benzene rings is 2. The Morgan fingerprint density at radius 1 is 0.750 bits per heavy atom. The van der Waals surface area contributed by atoms with Gasteiger partial charge in [0.1, 0.15) is 0 Å². The Labute approximate surface area is 138 Å². The molecule has 8 nitrogen and oxygen atoms in total. The van der Waals surface area contributed by atoms with Crippen molar-refractivity contribution >= 4 is 24.3 Å². The summed E-state index contributed by atoms with van der Waals surface area (Å²) in [4.78, 5) is 0. The highest BCUT2D eigenvalue weighted by Crippen LogP contribution is 2.07. The van der Waals surface area contributed by atoms with Gasteiger partial charge in [-0.2, -0.15) is 14.9 Å². The van der Waals surface area contributed by atoms with Gasteiger partial charge in [0.05, 0.1) is 12.4 Å². The van der Waals surface area contributed by atoms with Crippen LogP contribution >= 0.6 is 0 Å². The molecule has 0 radical (unpaired) electrons. The van der Waals surface area contributed by atoms with Crippen LogP contribution in [0, 0.1) is 0 Å². The minimum Gasteiger partial charge on any atom is -0.333 e. The second kappa shape index (κ2) is 7.54. The van der Waals surface area contributed by atoms with E-state index in [4.69, 9.17) is 5.84 Å². The first kappa shape index (κ1) is 15.2. The molecule has 24 heavy (non-hydrogen) atoms. The van der Waals surface area contributed by atoms with E-state index in [1.54, 1.807) is 12.4 Å². The Bertz CT molecular complexity index is 755. The van der Waals surface area contributed by atoms with Crippen molar-refractivity contribution in [3.63, 3.8) is 0 Å². The van der Waals surface area contributed by atoms with Crippen molar-refractivity contribution in [2.24, 2.45) is 10.2 Å². The lowest BCUT2D eigenvalue weighted by Crippen LogP contribution is -2.14. The predicted molar refractivity (Wildman–Crippen MR) is 95.5 cm³/mol. The predicted octanol–water partition coefficient (Wildman–Crippen LogP) is 1.88. The maximum Gasteiger partial charge on any atom is 0.265 e. The van der Waals surface area contributed by atoms with Crippen molar-refractivity contribution in [3.05, 3.63) is 71.8 Å². The van der Waals surface area contributed by atoms with Crippen molar-refractivity contribution in [1.29, 1.82) is 0 Å². The summed E-state index contributed by atoms with van der Waals surface area (Å²) in [7, 11) is 0. The lowest BCUT2D eigenvalue weighted by atomic mass is 10.2. The highest BCUT2D eigenvalue weighted by Gasteiger charge is 2.07. The topological polar surface area (TPSA) is 106 Å². The molecule has 0 unspecified atom stereocenters. The molecule has 2 aromatic carbocycles. The van der Waals surface area contributed by atoms with Gasteiger partial charge < -0.3 is 5.84 Å². The lowest BCUT2D eigenvalue weighted by Gasteiger charge is -2.01. The van der Waals surface area contributed by atoms with Crippen LogP contribution in [0.3, 0.4) is 0 Å². The van der Waals surface area contributed by atoms with Crippen LogP contribution in [0.25, 0.3) is 0 Å². The molecular weight excluding hydrogens is 304 g/mol. The Morgan fingerprint density at radius 3 is 1.58 bits per heavy atom. The average Bonchev–Trinajstić information content (AvgIpc) is 2.97. The first-order valence-corrected chi connectivity index (χ1v) is 7.21. The SMILES string of the molecule is Nn1c(N/N=C/c2ccccc2)nnc1N/N=C/c1ccccc1. The van der Waals surface area contributed by atoms with Gasteiger partial charge in [-0.15, -0.1) is 10.2 Å². The van der Waals surface area contributed by atoms with Crippen molar-refractivity contribution in [3.8, 4) is 0 Å². The number of nitrogens with two attached hydrogens (primary N) is 1. The smallest absolute Gasteiger partial charge is 0.265 e. The molecule has 8 heteroatoms. The van der Waals surface area contributed by atoms with Gasteiger partial charge in [-0.25, -0.2) is 10.9 Å². The third-order valence-electron chi connectivity index (χ3n) is 3.05. The quantitative estimate of drug-likeness (QED) is 0.365. The van der Waals surface area contributed by atoms with E-state index in [1.165, 1.54) is 4.68 Å². The van der Waals surface area contributed by atoms with E-state index in [2.05, 4.69) is 31.3 Å². The van der Waals surface area contributed by atoms with Crippen LogP contribution in [-0.2, 0) is 0 Å². The second-order valence-electron chi connectivity index (χ2n) is 4.78. The number of aromatic nitrogens is 3. The molecule has 0 fully saturated rings. The fraction of sp³-hybridized carbons (Fsp3) is 0. The van der Waals surface area contributed by atoms with Crippen LogP contribution in [0.15, 0.2) is 70.9 Å². The maximum absolute atomic E-state index is 5.88. The third kappa shape index (κ3) is 3.95. The van der Waals surface area contributed by atoms with Gasteiger partial charge in [0.15, 0.2) is 0 Å². The molecule has 0 aliphatic carbocycles. The second-order valence-corrected chi connectivity index (χ2v) is 4.78. The summed E-state index contributed by atoms with van der Waals surface area (Å²) in [6.45, 7) is 0. The summed E-state index contributed by atoms with van der Waals surface area (Å²) in [5.41, 5.74) is 7.38. The first-order chi connectivity index (χ1) is 11.8. The zero-order chi connectivity index (χ0) is 16.6. The van der Waals surface area contributed by atoms with Gasteiger partial charge in [-0.05, 0) is 11.1 Å². The molecule has 1 heterocycles. The molecule has 0 spiro atoms. The maximum atomic E-state index is 5.88. The van der Waals surface area contributed by atoms with Crippen LogP contribution in [0.4, 0.5) is 11.9 Å². The molecule has 0 saturated heterocycles. The zero-order valence-electron chi connectivity index (χ0n) is 12.7. The van der Waals surface area contributed by atoms with E-state index in [0.29, 0.717) is 11.9 Å². The molecule has 0 amide bonds. The number of hydrogen-bond donors (Lipinski definition) is 3. The highest BCUT2D eigenvalue weighted by molar-refractivity contribution is 5.80. The van der Waals surface area contributed by atoms with E-state index in [9.17, 15) is 0 Å². The number of nitrogens with one attached hydrogen (secondary N) is 2. The Balaban J connectivity index is 1.59. The summed E-state index contributed by atoms with van der Waals surface area (Å²) in [6, 6.07) is 19.3. The van der Waals surface area contributed by atoms with E-state index < -0.39 is 0 Å². The van der Waals surface area contributed by atoms with Crippen LogP contribution in [-0.4, -0.2) is 27.3 Å². The zero-order valence-corrected chi connectivity index (χ0v) is 12.7. The Morgan fingerprint density at radius 2 is 1.17 bits per heavy atom. The normalized spacial score (nSPS) is 11.2.